The lowest BCUT2D eigenvalue weighted by molar-refractivity contribution is -0.274. The number of carbonyl (C=O) groups is 1. The number of hydrogen-bond acceptors (Lipinski definition) is 2. The maximum Gasteiger partial charge on any atom is 0.573 e. The fourth-order valence-corrected chi connectivity index (χ4v) is 2.06. The van der Waals surface area contributed by atoms with Crippen molar-refractivity contribution in [2.45, 2.75) is 6.36 Å². The molecule has 0 aliphatic rings. The number of benzene rings is 2. The molecule has 2 rings (SSSR count). The number of hydrogen-bond donors (Lipinski definition) is 0. The van der Waals surface area contributed by atoms with Gasteiger partial charge in [-0.3, -0.25) is 4.79 Å². The molecule has 0 aromatic heterocycles. The van der Waals surface area contributed by atoms with Gasteiger partial charge in [-0.2, -0.15) is 0 Å². The fraction of sp³-hybridized carbons (Fsp3) is 0.0714. The molecule has 0 radical (unpaired) electrons. The quantitative estimate of drug-likeness (QED) is 0.728. The largest absolute Gasteiger partial charge is 0.573 e. The van der Waals surface area contributed by atoms with Crippen molar-refractivity contribution in [3.63, 3.8) is 0 Å². The Morgan fingerprint density at radius 1 is 1.00 bits per heavy atom. The van der Waals surface area contributed by atoms with Crippen LogP contribution in [0.2, 0.25) is 10.0 Å². The van der Waals surface area contributed by atoms with Crippen molar-refractivity contribution in [1.29, 1.82) is 0 Å². The number of carbonyl (C=O) groups excluding carboxylic acids is 1. The minimum atomic E-state index is -4.89. The molecule has 0 unspecified atom stereocenters. The van der Waals surface area contributed by atoms with Gasteiger partial charge in [0.2, 0.25) is 0 Å². The third-order valence-corrected chi connectivity index (χ3v) is 3.10. The van der Waals surface area contributed by atoms with Gasteiger partial charge in [0.05, 0.1) is 10.6 Å². The minimum absolute atomic E-state index is 0.00221. The molecule has 0 heterocycles. The zero-order valence-corrected chi connectivity index (χ0v) is 11.8. The van der Waals surface area contributed by atoms with Gasteiger partial charge in [0, 0.05) is 10.6 Å². The molecule has 0 bridgehead atoms. The number of ether oxygens (including phenoxy) is 1. The van der Waals surface area contributed by atoms with Gasteiger partial charge in [0.25, 0.3) is 0 Å². The van der Waals surface area contributed by atoms with E-state index in [2.05, 4.69) is 4.74 Å². The van der Waals surface area contributed by atoms with Crippen LogP contribution in [0.15, 0.2) is 42.5 Å². The van der Waals surface area contributed by atoms with Gasteiger partial charge in [-0.05, 0) is 30.3 Å². The molecular formula is C14H7Cl2F3O2. The Hall–Kier alpha value is -1.72. The molecule has 0 saturated carbocycles. The van der Waals surface area contributed by atoms with Crippen LogP contribution < -0.4 is 4.74 Å². The van der Waals surface area contributed by atoms with Gasteiger partial charge in [-0.25, -0.2) is 0 Å². The van der Waals surface area contributed by atoms with Crippen LogP contribution in [0.25, 0.3) is 0 Å². The van der Waals surface area contributed by atoms with Crippen molar-refractivity contribution >= 4 is 29.0 Å². The normalized spacial score (nSPS) is 11.3. The lowest BCUT2D eigenvalue weighted by Gasteiger charge is -2.13. The van der Waals surface area contributed by atoms with Crippen LogP contribution in [0.5, 0.6) is 5.75 Å². The van der Waals surface area contributed by atoms with Crippen molar-refractivity contribution < 1.29 is 22.7 Å². The number of alkyl halides is 3. The average molecular weight is 335 g/mol. The van der Waals surface area contributed by atoms with Crippen LogP contribution in [-0.4, -0.2) is 12.1 Å². The standard InChI is InChI=1S/C14H7Cl2F3O2/c15-8-5-6-11(16)10(7-8)13(20)9-3-1-2-4-12(9)21-14(17,18)19/h1-7H. The monoisotopic (exact) mass is 334 g/mol. The summed E-state index contributed by atoms with van der Waals surface area (Å²) < 4.78 is 40.9. The first-order chi connectivity index (χ1) is 9.78. The summed E-state index contributed by atoms with van der Waals surface area (Å²) >= 11 is 11.7. The van der Waals surface area contributed by atoms with E-state index in [9.17, 15) is 18.0 Å². The van der Waals surface area contributed by atoms with Gasteiger partial charge in [0.1, 0.15) is 5.75 Å². The lowest BCUT2D eigenvalue weighted by atomic mass is 10.0. The second-order valence-electron chi connectivity index (χ2n) is 4.00. The van der Waals surface area contributed by atoms with Crippen LogP contribution in [0.3, 0.4) is 0 Å². The summed E-state index contributed by atoms with van der Waals surface area (Å²) in [5.74, 6) is -1.30. The van der Waals surface area contributed by atoms with E-state index in [1.165, 1.54) is 36.4 Å². The highest BCUT2D eigenvalue weighted by atomic mass is 35.5. The fourth-order valence-electron chi connectivity index (χ4n) is 1.68. The Labute approximate surface area is 128 Å². The first-order valence-corrected chi connectivity index (χ1v) is 6.38. The predicted octanol–water partition coefficient (Wildman–Crippen LogP) is 5.12. The molecule has 0 aliphatic carbocycles. The topological polar surface area (TPSA) is 26.3 Å². The van der Waals surface area contributed by atoms with E-state index < -0.39 is 17.9 Å². The van der Waals surface area contributed by atoms with E-state index in [1.54, 1.807) is 0 Å². The van der Waals surface area contributed by atoms with Gasteiger partial charge in [0.15, 0.2) is 5.78 Å². The zero-order valence-electron chi connectivity index (χ0n) is 10.2. The minimum Gasteiger partial charge on any atom is -0.405 e. The first kappa shape index (κ1) is 15.7. The van der Waals surface area contributed by atoms with Crippen LogP contribution in [-0.2, 0) is 0 Å². The van der Waals surface area contributed by atoms with Crippen molar-refractivity contribution in [2.75, 3.05) is 0 Å². The van der Waals surface area contributed by atoms with E-state index in [4.69, 9.17) is 23.2 Å². The van der Waals surface area contributed by atoms with Crippen LogP contribution in [0.1, 0.15) is 15.9 Å². The SMILES string of the molecule is O=C(c1cc(Cl)ccc1Cl)c1ccccc1OC(F)(F)F. The van der Waals surface area contributed by atoms with Crippen molar-refractivity contribution in [3.05, 3.63) is 63.6 Å². The number of halogens is 5. The smallest absolute Gasteiger partial charge is 0.405 e. The van der Waals surface area contributed by atoms with E-state index in [0.29, 0.717) is 0 Å². The highest BCUT2D eigenvalue weighted by Gasteiger charge is 2.33. The molecule has 7 heteroatoms. The highest BCUT2D eigenvalue weighted by Crippen LogP contribution is 2.30. The number of rotatable bonds is 3. The second kappa shape index (κ2) is 5.95. The Kier molecular flexibility index (Phi) is 4.44. The summed E-state index contributed by atoms with van der Waals surface area (Å²) in [4.78, 5) is 12.3. The third kappa shape index (κ3) is 3.89. The van der Waals surface area contributed by atoms with Gasteiger partial charge < -0.3 is 4.74 Å². The van der Waals surface area contributed by atoms with E-state index >= 15 is 0 Å². The van der Waals surface area contributed by atoms with Gasteiger partial charge in [-0.1, -0.05) is 35.3 Å². The summed E-state index contributed by atoms with van der Waals surface area (Å²) in [7, 11) is 0. The van der Waals surface area contributed by atoms with Crippen LogP contribution >= 0.6 is 23.2 Å². The summed E-state index contributed by atoms with van der Waals surface area (Å²) in [6, 6.07) is 9.19. The van der Waals surface area contributed by atoms with E-state index in [0.717, 1.165) is 6.07 Å². The molecule has 21 heavy (non-hydrogen) atoms. The third-order valence-electron chi connectivity index (χ3n) is 2.53. The van der Waals surface area contributed by atoms with E-state index in [1.807, 2.05) is 0 Å². The Morgan fingerprint density at radius 2 is 1.67 bits per heavy atom. The van der Waals surface area contributed by atoms with Crippen molar-refractivity contribution in [1.82, 2.24) is 0 Å². The number of para-hydroxylation sites is 1. The maximum atomic E-state index is 12.3. The van der Waals surface area contributed by atoms with Crippen molar-refractivity contribution in [3.8, 4) is 5.75 Å². The van der Waals surface area contributed by atoms with Crippen molar-refractivity contribution in [2.24, 2.45) is 0 Å². The summed E-state index contributed by atoms with van der Waals surface area (Å²) in [6.07, 6.45) is -4.89. The Morgan fingerprint density at radius 3 is 2.33 bits per heavy atom. The highest BCUT2D eigenvalue weighted by molar-refractivity contribution is 6.36. The lowest BCUT2D eigenvalue weighted by Crippen LogP contribution is -2.19. The molecule has 0 saturated heterocycles. The van der Waals surface area contributed by atoms with Gasteiger partial charge >= 0.3 is 6.36 Å². The maximum absolute atomic E-state index is 12.3. The molecule has 0 fully saturated rings. The number of ketones is 1. The Bertz CT molecular complexity index is 684. The zero-order chi connectivity index (χ0) is 15.6. The molecule has 2 aromatic rings. The molecule has 2 aromatic carbocycles. The molecule has 0 atom stereocenters. The van der Waals surface area contributed by atoms with Crippen LogP contribution in [0, 0.1) is 0 Å². The van der Waals surface area contributed by atoms with Gasteiger partial charge in [-0.15, -0.1) is 13.2 Å². The molecular weight excluding hydrogens is 328 g/mol. The molecule has 110 valence electrons. The Balaban J connectivity index is 2.46. The summed E-state index contributed by atoms with van der Waals surface area (Å²) in [5.41, 5.74) is -0.249. The molecule has 0 aliphatic heterocycles. The first-order valence-electron chi connectivity index (χ1n) is 5.62. The van der Waals surface area contributed by atoms with Crippen LogP contribution in [0.4, 0.5) is 13.2 Å². The average Bonchev–Trinajstić information content (AvgIpc) is 2.39. The molecule has 2 nitrogen and oxygen atoms in total. The molecule has 0 N–H and O–H groups in total. The predicted molar refractivity (Wildman–Crippen MR) is 73.0 cm³/mol. The molecule has 0 spiro atoms. The summed E-state index contributed by atoms with van der Waals surface area (Å²) in [6.45, 7) is 0. The molecule has 0 amide bonds. The second-order valence-corrected chi connectivity index (χ2v) is 4.84. The summed E-state index contributed by atoms with van der Waals surface area (Å²) in [5, 5.41) is 0.336. The van der Waals surface area contributed by atoms with E-state index in [-0.39, 0.29) is 21.2 Å².